The Hall–Kier alpha value is -2.02. The van der Waals surface area contributed by atoms with E-state index >= 15 is 0 Å². The van der Waals surface area contributed by atoms with Gasteiger partial charge in [-0.1, -0.05) is 0 Å². The summed E-state index contributed by atoms with van der Waals surface area (Å²) in [5.74, 6) is 1.24. The van der Waals surface area contributed by atoms with Crippen molar-refractivity contribution in [2.24, 2.45) is 4.99 Å². The summed E-state index contributed by atoms with van der Waals surface area (Å²) in [5, 5.41) is 3.30. The predicted octanol–water partition coefficient (Wildman–Crippen LogP) is 1.04. The molecule has 1 N–H and O–H groups in total. The van der Waals surface area contributed by atoms with Gasteiger partial charge in [0.05, 0.1) is 19.4 Å². The first-order valence-corrected chi connectivity index (χ1v) is 8.20. The van der Waals surface area contributed by atoms with Gasteiger partial charge >= 0.3 is 0 Å². The average molecular weight is 322 g/mol. The highest BCUT2D eigenvalue weighted by molar-refractivity contribution is 5.91. The Bertz CT molecular complexity index is 493. The third-order valence-corrected chi connectivity index (χ3v) is 3.63. The molecule has 23 heavy (non-hydrogen) atoms. The van der Waals surface area contributed by atoms with Crippen LogP contribution < -0.4 is 5.32 Å². The average Bonchev–Trinajstić information content (AvgIpc) is 3.12. The molecule has 1 aliphatic heterocycles. The highest BCUT2D eigenvalue weighted by atomic mass is 16.5. The lowest BCUT2D eigenvalue weighted by Gasteiger charge is -2.36. The van der Waals surface area contributed by atoms with Gasteiger partial charge in [0.1, 0.15) is 0 Å². The van der Waals surface area contributed by atoms with Crippen LogP contribution in [-0.4, -0.2) is 74.1 Å². The molecule has 2 rings (SSSR count). The molecular weight excluding hydrogens is 296 g/mol. The van der Waals surface area contributed by atoms with Gasteiger partial charge in [0.25, 0.3) is 5.91 Å². The Labute approximate surface area is 137 Å². The zero-order valence-corrected chi connectivity index (χ0v) is 14.0. The first kappa shape index (κ1) is 17.3. The van der Waals surface area contributed by atoms with Crippen molar-refractivity contribution in [1.82, 2.24) is 15.1 Å². The van der Waals surface area contributed by atoms with Crippen molar-refractivity contribution in [3.8, 4) is 0 Å². The van der Waals surface area contributed by atoms with E-state index in [1.807, 2.05) is 11.8 Å². The molecule has 0 radical (unpaired) electrons. The Balaban J connectivity index is 1.86. The minimum atomic E-state index is -0.0482. The summed E-state index contributed by atoms with van der Waals surface area (Å²) in [6.45, 7) is 9.66. The van der Waals surface area contributed by atoms with E-state index in [1.54, 1.807) is 12.1 Å². The Kier molecular flexibility index (Phi) is 6.93. The van der Waals surface area contributed by atoms with Gasteiger partial charge in [-0.05, 0) is 26.0 Å². The third-order valence-electron chi connectivity index (χ3n) is 3.63. The number of carbonyl (C=O) groups is 1. The zero-order valence-electron chi connectivity index (χ0n) is 14.0. The van der Waals surface area contributed by atoms with Crippen LogP contribution >= 0.6 is 0 Å². The highest BCUT2D eigenvalue weighted by Gasteiger charge is 2.24. The molecule has 0 atom stereocenters. The van der Waals surface area contributed by atoms with Crippen LogP contribution in [0.3, 0.4) is 0 Å². The number of furan rings is 1. The number of nitrogens with one attached hydrogen (secondary N) is 1. The number of rotatable bonds is 6. The number of ether oxygens (including phenoxy) is 1. The lowest BCUT2D eigenvalue weighted by atomic mass is 10.3. The molecule has 0 unspecified atom stereocenters. The summed E-state index contributed by atoms with van der Waals surface area (Å²) in [5.41, 5.74) is 0. The Morgan fingerprint density at radius 3 is 2.65 bits per heavy atom. The number of aliphatic imine (C=N–C) groups is 1. The minimum Gasteiger partial charge on any atom is -0.459 e. The van der Waals surface area contributed by atoms with Crippen molar-refractivity contribution in [3.05, 3.63) is 24.2 Å². The molecule has 128 valence electrons. The summed E-state index contributed by atoms with van der Waals surface area (Å²) < 4.78 is 10.5. The number of nitrogens with zero attached hydrogens (tertiary/aromatic N) is 3. The van der Waals surface area contributed by atoms with E-state index in [2.05, 4.69) is 22.1 Å². The van der Waals surface area contributed by atoms with Crippen molar-refractivity contribution in [1.29, 1.82) is 0 Å². The fourth-order valence-corrected chi connectivity index (χ4v) is 2.46. The van der Waals surface area contributed by atoms with E-state index in [-0.39, 0.29) is 5.91 Å². The summed E-state index contributed by atoms with van der Waals surface area (Å²) >= 11 is 0. The largest absolute Gasteiger partial charge is 0.459 e. The number of amides is 1. The van der Waals surface area contributed by atoms with Crippen LogP contribution in [0.4, 0.5) is 0 Å². The summed E-state index contributed by atoms with van der Waals surface area (Å²) in [6, 6.07) is 3.44. The van der Waals surface area contributed by atoms with E-state index < -0.39 is 0 Å². The molecule has 1 amide bonds. The van der Waals surface area contributed by atoms with E-state index in [1.165, 1.54) is 6.26 Å². The second-order valence-electron chi connectivity index (χ2n) is 5.19. The topological polar surface area (TPSA) is 70.3 Å². The summed E-state index contributed by atoms with van der Waals surface area (Å²) in [7, 11) is 0. The Morgan fingerprint density at radius 2 is 2.04 bits per heavy atom. The van der Waals surface area contributed by atoms with Crippen molar-refractivity contribution < 1.29 is 13.9 Å². The van der Waals surface area contributed by atoms with Crippen molar-refractivity contribution >= 4 is 11.9 Å². The third kappa shape index (κ3) is 4.99. The van der Waals surface area contributed by atoms with E-state index in [0.717, 1.165) is 25.6 Å². The molecule has 1 saturated heterocycles. The van der Waals surface area contributed by atoms with Gasteiger partial charge in [-0.15, -0.1) is 0 Å². The van der Waals surface area contributed by atoms with Crippen molar-refractivity contribution in [2.75, 3.05) is 52.5 Å². The van der Waals surface area contributed by atoms with Gasteiger partial charge in [0.2, 0.25) is 0 Å². The van der Waals surface area contributed by atoms with Crippen LogP contribution in [-0.2, 0) is 4.74 Å². The van der Waals surface area contributed by atoms with Gasteiger partial charge in [-0.3, -0.25) is 9.79 Å². The molecule has 0 saturated carbocycles. The van der Waals surface area contributed by atoms with E-state index in [9.17, 15) is 4.79 Å². The Morgan fingerprint density at radius 1 is 1.30 bits per heavy atom. The molecule has 0 spiro atoms. The lowest BCUT2D eigenvalue weighted by Crippen LogP contribution is -2.53. The number of carbonyl (C=O) groups excluding carboxylic acids is 1. The fraction of sp³-hybridized carbons (Fsp3) is 0.625. The second kappa shape index (κ2) is 9.19. The van der Waals surface area contributed by atoms with E-state index in [4.69, 9.17) is 9.15 Å². The van der Waals surface area contributed by atoms with E-state index in [0.29, 0.717) is 38.6 Å². The first-order valence-electron chi connectivity index (χ1n) is 8.20. The quantitative estimate of drug-likeness (QED) is 0.481. The van der Waals surface area contributed by atoms with Crippen LogP contribution in [0.25, 0.3) is 0 Å². The normalized spacial score (nSPS) is 15.8. The molecular formula is C16H26N4O3. The maximum Gasteiger partial charge on any atom is 0.289 e. The van der Waals surface area contributed by atoms with Gasteiger partial charge in [0.15, 0.2) is 11.7 Å². The molecule has 0 aromatic carbocycles. The molecule has 1 aromatic rings. The molecule has 1 aromatic heterocycles. The highest BCUT2D eigenvalue weighted by Crippen LogP contribution is 2.09. The lowest BCUT2D eigenvalue weighted by molar-refractivity contribution is 0.0657. The monoisotopic (exact) mass is 322 g/mol. The molecule has 1 aliphatic rings. The maximum atomic E-state index is 12.3. The number of hydrogen-bond donors (Lipinski definition) is 1. The summed E-state index contributed by atoms with van der Waals surface area (Å²) in [6.07, 6.45) is 1.53. The standard InChI is InChI=1S/C16H26N4O3/c1-3-17-16(18-7-13-22-4-2)20-10-8-19(9-11-20)15(21)14-6-5-12-23-14/h5-6,12H,3-4,7-11,13H2,1-2H3,(H,17,18). The van der Waals surface area contributed by atoms with Gasteiger partial charge in [0, 0.05) is 39.3 Å². The predicted molar refractivity (Wildman–Crippen MR) is 88.7 cm³/mol. The first-order chi connectivity index (χ1) is 11.3. The number of hydrogen-bond acceptors (Lipinski definition) is 4. The molecule has 0 aliphatic carbocycles. The van der Waals surface area contributed by atoms with Crippen LogP contribution in [0, 0.1) is 0 Å². The van der Waals surface area contributed by atoms with Crippen LogP contribution in [0.15, 0.2) is 27.8 Å². The van der Waals surface area contributed by atoms with Gasteiger partial charge < -0.3 is 24.3 Å². The minimum absolute atomic E-state index is 0.0482. The molecule has 2 heterocycles. The van der Waals surface area contributed by atoms with Crippen molar-refractivity contribution in [2.45, 2.75) is 13.8 Å². The number of guanidine groups is 1. The molecule has 7 nitrogen and oxygen atoms in total. The van der Waals surface area contributed by atoms with Crippen LogP contribution in [0.2, 0.25) is 0 Å². The number of piperazine rings is 1. The van der Waals surface area contributed by atoms with Crippen LogP contribution in [0.5, 0.6) is 0 Å². The van der Waals surface area contributed by atoms with Crippen molar-refractivity contribution in [3.63, 3.8) is 0 Å². The fourth-order valence-electron chi connectivity index (χ4n) is 2.46. The summed E-state index contributed by atoms with van der Waals surface area (Å²) in [4.78, 5) is 20.8. The van der Waals surface area contributed by atoms with Gasteiger partial charge in [-0.2, -0.15) is 0 Å². The zero-order chi connectivity index (χ0) is 16.5. The van der Waals surface area contributed by atoms with Gasteiger partial charge in [-0.25, -0.2) is 0 Å². The smallest absolute Gasteiger partial charge is 0.289 e. The molecule has 0 bridgehead atoms. The molecule has 1 fully saturated rings. The maximum absolute atomic E-state index is 12.3. The van der Waals surface area contributed by atoms with Crippen LogP contribution in [0.1, 0.15) is 24.4 Å². The SMILES string of the molecule is CCNC(=NCCOCC)N1CCN(C(=O)c2ccco2)CC1. The molecule has 7 heteroatoms. The second-order valence-corrected chi connectivity index (χ2v) is 5.19.